The van der Waals surface area contributed by atoms with Crippen LogP contribution < -0.4 is 0 Å². The first kappa shape index (κ1) is 19.1. The number of rotatable bonds is 5. The zero-order chi connectivity index (χ0) is 20.2. The molecule has 3 aromatic rings. The third kappa shape index (κ3) is 4.43. The predicted molar refractivity (Wildman–Crippen MR) is 106 cm³/mol. The number of nitrogens with zero attached hydrogens (tertiary/aromatic N) is 5. The fourth-order valence-electron chi connectivity index (χ4n) is 3.43. The average Bonchev–Trinajstić information content (AvgIpc) is 3.13. The zero-order valence-corrected chi connectivity index (χ0v) is 16.3. The Balaban J connectivity index is 1.26. The van der Waals surface area contributed by atoms with Crippen molar-refractivity contribution >= 4 is 17.5 Å². The summed E-state index contributed by atoms with van der Waals surface area (Å²) in [5.41, 5.74) is 2.28. The predicted octanol–water partition coefficient (Wildman–Crippen LogP) is 1.54. The van der Waals surface area contributed by atoms with Crippen molar-refractivity contribution in [3.8, 4) is 0 Å². The van der Waals surface area contributed by atoms with Gasteiger partial charge in [0.15, 0.2) is 12.3 Å². The SMILES string of the molecule is Cc1nnc2ccc(C(=O)OCC(=O)N3CCN(Cc4ccccc4)CC3)cn12. The van der Waals surface area contributed by atoms with Crippen molar-refractivity contribution in [3.05, 3.63) is 65.6 Å². The maximum atomic E-state index is 12.4. The minimum Gasteiger partial charge on any atom is -0.452 e. The van der Waals surface area contributed by atoms with Crippen LogP contribution in [0, 0.1) is 6.92 Å². The van der Waals surface area contributed by atoms with Crippen LogP contribution in [0.2, 0.25) is 0 Å². The Morgan fingerprint density at radius 1 is 1.00 bits per heavy atom. The molecule has 0 N–H and O–H groups in total. The first-order valence-electron chi connectivity index (χ1n) is 9.63. The minimum absolute atomic E-state index is 0.167. The summed E-state index contributed by atoms with van der Waals surface area (Å²) in [6, 6.07) is 13.6. The number of carbonyl (C=O) groups is 2. The maximum Gasteiger partial charge on any atom is 0.340 e. The molecule has 4 rings (SSSR count). The summed E-state index contributed by atoms with van der Waals surface area (Å²) in [4.78, 5) is 28.8. The van der Waals surface area contributed by atoms with E-state index in [1.54, 1.807) is 34.6 Å². The molecule has 0 spiro atoms. The van der Waals surface area contributed by atoms with Crippen LogP contribution >= 0.6 is 0 Å². The van der Waals surface area contributed by atoms with E-state index < -0.39 is 5.97 Å². The molecular formula is C21H23N5O3. The van der Waals surface area contributed by atoms with E-state index in [2.05, 4.69) is 27.2 Å². The molecule has 1 fully saturated rings. The van der Waals surface area contributed by atoms with Crippen molar-refractivity contribution in [1.82, 2.24) is 24.4 Å². The fourth-order valence-corrected chi connectivity index (χ4v) is 3.43. The van der Waals surface area contributed by atoms with Crippen molar-refractivity contribution in [3.63, 3.8) is 0 Å². The number of carbonyl (C=O) groups excluding carboxylic acids is 2. The van der Waals surface area contributed by atoms with Crippen LogP contribution in [0.1, 0.15) is 21.7 Å². The van der Waals surface area contributed by atoms with Crippen molar-refractivity contribution in [2.75, 3.05) is 32.8 Å². The summed E-state index contributed by atoms with van der Waals surface area (Å²) in [6.45, 7) is 5.30. The number of hydrogen-bond acceptors (Lipinski definition) is 6. The number of piperazine rings is 1. The number of benzene rings is 1. The van der Waals surface area contributed by atoms with Crippen molar-refractivity contribution < 1.29 is 14.3 Å². The van der Waals surface area contributed by atoms with E-state index in [4.69, 9.17) is 4.74 Å². The third-order valence-electron chi connectivity index (χ3n) is 5.11. The van der Waals surface area contributed by atoms with Gasteiger partial charge in [-0.3, -0.25) is 14.1 Å². The van der Waals surface area contributed by atoms with Crippen LogP contribution in [0.4, 0.5) is 0 Å². The molecule has 1 saturated heterocycles. The quantitative estimate of drug-likeness (QED) is 0.612. The molecule has 0 radical (unpaired) electrons. The highest BCUT2D eigenvalue weighted by Crippen LogP contribution is 2.10. The molecule has 8 heteroatoms. The van der Waals surface area contributed by atoms with Crippen molar-refractivity contribution in [1.29, 1.82) is 0 Å². The van der Waals surface area contributed by atoms with Crippen molar-refractivity contribution in [2.45, 2.75) is 13.5 Å². The highest BCUT2D eigenvalue weighted by molar-refractivity contribution is 5.91. The summed E-state index contributed by atoms with van der Waals surface area (Å²) in [5.74, 6) is -0.0190. The van der Waals surface area contributed by atoms with E-state index in [0.29, 0.717) is 30.1 Å². The molecule has 1 aliphatic heterocycles. The molecule has 29 heavy (non-hydrogen) atoms. The highest BCUT2D eigenvalue weighted by Gasteiger charge is 2.22. The molecule has 150 valence electrons. The van der Waals surface area contributed by atoms with E-state index in [1.165, 1.54) is 5.56 Å². The number of esters is 1. The number of ether oxygens (including phenoxy) is 1. The van der Waals surface area contributed by atoms with Crippen LogP contribution in [0.5, 0.6) is 0 Å². The average molecular weight is 393 g/mol. The lowest BCUT2D eigenvalue weighted by Gasteiger charge is -2.34. The smallest absolute Gasteiger partial charge is 0.340 e. The second-order valence-corrected chi connectivity index (χ2v) is 7.11. The zero-order valence-electron chi connectivity index (χ0n) is 16.3. The Hall–Kier alpha value is -3.26. The lowest BCUT2D eigenvalue weighted by molar-refractivity contribution is -0.136. The summed E-state index contributed by atoms with van der Waals surface area (Å²) >= 11 is 0. The minimum atomic E-state index is -0.531. The molecule has 3 heterocycles. The molecule has 0 atom stereocenters. The number of aryl methyl sites for hydroxylation is 1. The largest absolute Gasteiger partial charge is 0.452 e. The summed E-state index contributed by atoms with van der Waals surface area (Å²) in [6.07, 6.45) is 1.62. The normalized spacial score (nSPS) is 14.9. The van der Waals surface area contributed by atoms with Gasteiger partial charge in [0.2, 0.25) is 0 Å². The van der Waals surface area contributed by atoms with Gasteiger partial charge in [0.05, 0.1) is 5.56 Å². The first-order valence-corrected chi connectivity index (χ1v) is 9.63. The number of fused-ring (bicyclic) bond motifs is 1. The number of aromatic nitrogens is 3. The van der Waals surface area contributed by atoms with Gasteiger partial charge >= 0.3 is 5.97 Å². The molecule has 2 aromatic heterocycles. The molecule has 0 bridgehead atoms. The summed E-state index contributed by atoms with van der Waals surface area (Å²) in [5, 5.41) is 7.94. The number of hydrogen-bond donors (Lipinski definition) is 0. The number of amides is 1. The second-order valence-electron chi connectivity index (χ2n) is 7.11. The molecule has 1 amide bonds. The van der Waals surface area contributed by atoms with Crippen LogP contribution in [0.3, 0.4) is 0 Å². The monoisotopic (exact) mass is 393 g/mol. The van der Waals surface area contributed by atoms with Crippen LogP contribution in [-0.4, -0.2) is 69.1 Å². The molecule has 0 aliphatic carbocycles. The Kier molecular flexibility index (Phi) is 5.53. The number of pyridine rings is 1. The molecule has 0 unspecified atom stereocenters. The second kappa shape index (κ2) is 8.40. The Morgan fingerprint density at radius 3 is 2.52 bits per heavy atom. The molecular weight excluding hydrogens is 370 g/mol. The lowest BCUT2D eigenvalue weighted by atomic mass is 10.2. The van der Waals surface area contributed by atoms with Gasteiger partial charge in [-0.25, -0.2) is 4.79 Å². The van der Waals surface area contributed by atoms with E-state index >= 15 is 0 Å². The maximum absolute atomic E-state index is 12.4. The molecule has 1 aromatic carbocycles. The molecule has 8 nitrogen and oxygen atoms in total. The lowest BCUT2D eigenvalue weighted by Crippen LogP contribution is -2.49. The molecule has 1 aliphatic rings. The Bertz CT molecular complexity index is 1010. The van der Waals surface area contributed by atoms with Crippen molar-refractivity contribution in [2.24, 2.45) is 0 Å². The van der Waals surface area contributed by atoms with E-state index in [0.717, 1.165) is 19.6 Å². The van der Waals surface area contributed by atoms with E-state index in [-0.39, 0.29) is 12.5 Å². The summed E-state index contributed by atoms with van der Waals surface area (Å²) < 4.78 is 6.95. The molecule has 0 saturated carbocycles. The third-order valence-corrected chi connectivity index (χ3v) is 5.11. The standard InChI is InChI=1S/C21H23N5O3/c1-16-22-23-19-8-7-18(14-26(16)19)21(28)29-15-20(27)25-11-9-24(10-12-25)13-17-5-3-2-4-6-17/h2-8,14H,9-13,15H2,1H3. The topological polar surface area (TPSA) is 80.0 Å². The van der Waals surface area contributed by atoms with Gasteiger partial charge in [-0.2, -0.15) is 0 Å². The van der Waals surface area contributed by atoms with Gasteiger partial charge in [-0.1, -0.05) is 30.3 Å². The van der Waals surface area contributed by atoms with E-state index in [9.17, 15) is 9.59 Å². The van der Waals surface area contributed by atoms with E-state index in [1.807, 2.05) is 18.2 Å². The first-order chi connectivity index (χ1) is 14.1. The van der Waals surface area contributed by atoms with Gasteiger partial charge in [0, 0.05) is 38.9 Å². The van der Waals surface area contributed by atoms with Gasteiger partial charge in [-0.15, -0.1) is 10.2 Å². The Labute approximate surface area is 168 Å². The fraction of sp³-hybridized carbons (Fsp3) is 0.333. The Morgan fingerprint density at radius 2 is 1.76 bits per heavy atom. The van der Waals surface area contributed by atoms with Gasteiger partial charge in [0.1, 0.15) is 5.82 Å². The highest BCUT2D eigenvalue weighted by atomic mass is 16.5. The van der Waals surface area contributed by atoms with Crippen LogP contribution in [0.25, 0.3) is 5.65 Å². The van der Waals surface area contributed by atoms with Crippen LogP contribution in [-0.2, 0) is 16.1 Å². The van der Waals surface area contributed by atoms with Crippen LogP contribution in [0.15, 0.2) is 48.7 Å². The van der Waals surface area contributed by atoms with Gasteiger partial charge in [0.25, 0.3) is 5.91 Å². The van der Waals surface area contributed by atoms with Gasteiger partial charge in [-0.05, 0) is 24.6 Å². The van der Waals surface area contributed by atoms with Gasteiger partial charge < -0.3 is 9.64 Å². The summed E-state index contributed by atoms with van der Waals surface area (Å²) in [7, 11) is 0.